The van der Waals surface area contributed by atoms with E-state index in [1.165, 1.54) is 0 Å². The summed E-state index contributed by atoms with van der Waals surface area (Å²) in [5.41, 5.74) is 6.20. The van der Waals surface area contributed by atoms with Gasteiger partial charge in [0.05, 0.1) is 17.2 Å². The molecule has 2 rings (SSSR count). The van der Waals surface area contributed by atoms with E-state index in [9.17, 15) is 4.79 Å². The number of nitrogens with one attached hydrogen (secondary N) is 1. The lowest BCUT2D eigenvalue weighted by Gasteiger charge is -2.31. The number of amides is 1. The minimum Gasteiger partial charge on any atom is -0.496 e. The Morgan fingerprint density at radius 1 is 1.50 bits per heavy atom. The number of hydrogen-bond donors (Lipinski definition) is 2. The number of rotatable bonds is 4. The number of ether oxygens (including phenoxy) is 1. The third-order valence-corrected chi connectivity index (χ3v) is 4.48. The normalized spacial score (nSPS) is 22.6. The van der Waals surface area contributed by atoms with Crippen LogP contribution in [0.25, 0.3) is 0 Å². The average molecular weight is 317 g/mol. The SMILES string of the molecule is COc1ccc(Cl)c(Cl)c1C1CCNC(CC(N)=O)C1. The first-order chi connectivity index (χ1) is 9.52. The fourth-order valence-corrected chi connectivity index (χ4v) is 3.25. The molecule has 3 N–H and O–H groups in total. The lowest BCUT2D eigenvalue weighted by molar-refractivity contribution is -0.118. The Morgan fingerprint density at radius 3 is 2.90 bits per heavy atom. The smallest absolute Gasteiger partial charge is 0.218 e. The van der Waals surface area contributed by atoms with Gasteiger partial charge in [-0.3, -0.25) is 4.79 Å². The van der Waals surface area contributed by atoms with Gasteiger partial charge in [-0.05, 0) is 37.4 Å². The molecule has 1 aromatic rings. The van der Waals surface area contributed by atoms with Gasteiger partial charge >= 0.3 is 0 Å². The topological polar surface area (TPSA) is 64.3 Å². The van der Waals surface area contributed by atoms with Crippen LogP contribution in [0.2, 0.25) is 10.0 Å². The molecule has 6 heteroatoms. The number of carbonyl (C=O) groups is 1. The number of benzene rings is 1. The maximum atomic E-state index is 11.1. The molecule has 1 aliphatic heterocycles. The molecule has 1 fully saturated rings. The summed E-state index contributed by atoms with van der Waals surface area (Å²) in [6, 6.07) is 3.63. The van der Waals surface area contributed by atoms with E-state index in [0.29, 0.717) is 16.5 Å². The number of methoxy groups -OCH3 is 1. The first kappa shape index (κ1) is 15.4. The summed E-state index contributed by atoms with van der Waals surface area (Å²) in [6.45, 7) is 0.814. The van der Waals surface area contributed by atoms with Crippen LogP contribution in [-0.2, 0) is 4.79 Å². The first-order valence-corrected chi connectivity index (χ1v) is 7.32. The van der Waals surface area contributed by atoms with Gasteiger partial charge in [-0.1, -0.05) is 23.2 Å². The quantitative estimate of drug-likeness (QED) is 0.897. The van der Waals surface area contributed by atoms with Crippen LogP contribution in [0, 0.1) is 0 Å². The molecule has 20 heavy (non-hydrogen) atoms. The zero-order valence-electron chi connectivity index (χ0n) is 11.3. The van der Waals surface area contributed by atoms with Gasteiger partial charge in [-0.25, -0.2) is 0 Å². The Balaban J connectivity index is 2.26. The van der Waals surface area contributed by atoms with Crippen LogP contribution in [0.1, 0.15) is 30.7 Å². The number of piperidine rings is 1. The second kappa shape index (κ2) is 6.66. The van der Waals surface area contributed by atoms with Gasteiger partial charge < -0.3 is 15.8 Å². The van der Waals surface area contributed by atoms with Crippen LogP contribution in [-0.4, -0.2) is 25.6 Å². The van der Waals surface area contributed by atoms with Gasteiger partial charge in [0.15, 0.2) is 0 Å². The fraction of sp³-hybridized carbons (Fsp3) is 0.500. The fourth-order valence-electron chi connectivity index (χ4n) is 2.77. The molecule has 0 aliphatic carbocycles. The Bertz CT molecular complexity index is 508. The molecule has 0 bridgehead atoms. The highest BCUT2D eigenvalue weighted by atomic mass is 35.5. The molecular weight excluding hydrogens is 299 g/mol. The number of hydrogen-bond acceptors (Lipinski definition) is 3. The lowest BCUT2D eigenvalue weighted by atomic mass is 9.85. The Kier molecular flexibility index (Phi) is 5.13. The van der Waals surface area contributed by atoms with E-state index in [2.05, 4.69) is 5.32 Å². The minimum absolute atomic E-state index is 0.0750. The van der Waals surface area contributed by atoms with Crippen LogP contribution in [0.15, 0.2) is 12.1 Å². The molecule has 1 amide bonds. The maximum Gasteiger partial charge on any atom is 0.218 e. The molecular formula is C14H18Cl2N2O2. The molecule has 0 saturated carbocycles. The van der Waals surface area contributed by atoms with E-state index in [1.54, 1.807) is 13.2 Å². The molecule has 0 spiro atoms. The highest BCUT2D eigenvalue weighted by molar-refractivity contribution is 6.42. The highest BCUT2D eigenvalue weighted by Crippen LogP contribution is 2.42. The Hall–Kier alpha value is -0.970. The van der Waals surface area contributed by atoms with Crippen molar-refractivity contribution in [2.45, 2.75) is 31.2 Å². The van der Waals surface area contributed by atoms with Crippen molar-refractivity contribution >= 4 is 29.1 Å². The molecule has 0 aromatic heterocycles. The van der Waals surface area contributed by atoms with Crippen molar-refractivity contribution in [2.24, 2.45) is 5.73 Å². The summed E-state index contributed by atoms with van der Waals surface area (Å²) < 4.78 is 5.40. The summed E-state index contributed by atoms with van der Waals surface area (Å²) in [6.07, 6.45) is 2.04. The molecule has 2 unspecified atom stereocenters. The Morgan fingerprint density at radius 2 is 2.25 bits per heavy atom. The van der Waals surface area contributed by atoms with E-state index in [4.69, 9.17) is 33.7 Å². The molecule has 1 heterocycles. The minimum atomic E-state index is -0.299. The molecule has 2 atom stereocenters. The number of primary amides is 1. The van der Waals surface area contributed by atoms with E-state index >= 15 is 0 Å². The van der Waals surface area contributed by atoms with Gasteiger partial charge in [-0.2, -0.15) is 0 Å². The van der Waals surface area contributed by atoms with E-state index in [-0.39, 0.29) is 17.9 Å². The number of halogens is 2. The van der Waals surface area contributed by atoms with Crippen LogP contribution in [0.3, 0.4) is 0 Å². The van der Waals surface area contributed by atoms with Crippen LogP contribution in [0.5, 0.6) is 5.75 Å². The van der Waals surface area contributed by atoms with Crippen molar-refractivity contribution < 1.29 is 9.53 Å². The van der Waals surface area contributed by atoms with Gasteiger partial charge in [-0.15, -0.1) is 0 Å². The van der Waals surface area contributed by atoms with E-state index in [0.717, 1.165) is 30.7 Å². The van der Waals surface area contributed by atoms with E-state index < -0.39 is 0 Å². The standard InChI is InChI=1S/C14H18Cl2N2O2/c1-20-11-3-2-10(15)14(16)13(11)8-4-5-18-9(6-8)7-12(17)19/h2-3,8-9,18H,4-7H2,1H3,(H2,17,19). The molecule has 1 aromatic carbocycles. The summed E-state index contributed by atoms with van der Waals surface area (Å²) >= 11 is 12.4. The Labute approximate surface area is 128 Å². The molecule has 1 aliphatic rings. The zero-order valence-corrected chi connectivity index (χ0v) is 12.8. The third kappa shape index (κ3) is 3.37. The second-order valence-corrected chi connectivity index (χ2v) is 5.81. The van der Waals surface area contributed by atoms with Gasteiger partial charge in [0.1, 0.15) is 5.75 Å². The lowest BCUT2D eigenvalue weighted by Crippen LogP contribution is -2.40. The number of nitrogens with two attached hydrogens (primary N) is 1. The molecule has 0 radical (unpaired) electrons. The second-order valence-electron chi connectivity index (χ2n) is 5.02. The van der Waals surface area contributed by atoms with Gasteiger partial charge in [0, 0.05) is 18.0 Å². The van der Waals surface area contributed by atoms with Crippen molar-refractivity contribution in [3.63, 3.8) is 0 Å². The molecule has 1 saturated heterocycles. The summed E-state index contributed by atoms with van der Waals surface area (Å²) in [5, 5.41) is 4.36. The molecule has 4 nitrogen and oxygen atoms in total. The van der Waals surface area contributed by atoms with Crippen LogP contribution >= 0.6 is 23.2 Å². The largest absolute Gasteiger partial charge is 0.496 e. The van der Waals surface area contributed by atoms with Gasteiger partial charge in [0.2, 0.25) is 5.91 Å². The van der Waals surface area contributed by atoms with Crippen molar-refractivity contribution in [1.29, 1.82) is 0 Å². The van der Waals surface area contributed by atoms with Crippen molar-refractivity contribution in [3.05, 3.63) is 27.7 Å². The monoisotopic (exact) mass is 316 g/mol. The average Bonchev–Trinajstić information content (AvgIpc) is 2.41. The third-order valence-electron chi connectivity index (χ3n) is 3.66. The number of carbonyl (C=O) groups excluding carboxylic acids is 1. The predicted octanol–water partition coefficient (Wildman–Crippen LogP) is 2.71. The van der Waals surface area contributed by atoms with Crippen molar-refractivity contribution in [2.75, 3.05) is 13.7 Å². The summed E-state index contributed by atoms with van der Waals surface area (Å²) in [7, 11) is 1.62. The van der Waals surface area contributed by atoms with Crippen LogP contribution < -0.4 is 15.8 Å². The maximum absolute atomic E-state index is 11.1. The molecule has 110 valence electrons. The van der Waals surface area contributed by atoms with Crippen molar-refractivity contribution in [1.82, 2.24) is 5.32 Å². The van der Waals surface area contributed by atoms with Gasteiger partial charge in [0.25, 0.3) is 0 Å². The predicted molar refractivity (Wildman–Crippen MR) is 80.6 cm³/mol. The van der Waals surface area contributed by atoms with Crippen LogP contribution in [0.4, 0.5) is 0 Å². The summed E-state index contributed by atoms with van der Waals surface area (Å²) in [5.74, 6) is 0.651. The summed E-state index contributed by atoms with van der Waals surface area (Å²) in [4.78, 5) is 11.1. The first-order valence-electron chi connectivity index (χ1n) is 6.56. The highest BCUT2D eigenvalue weighted by Gasteiger charge is 2.28. The van der Waals surface area contributed by atoms with E-state index in [1.807, 2.05) is 6.07 Å². The van der Waals surface area contributed by atoms with Crippen molar-refractivity contribution in [3.8, 4) is 5.75 Å². The zero-order chi connectivity index (χ0) is 14.7.